The van der Waals surface area contributed by atoms with Crippen LogP contribution in [0, 0.1) is 0 Å². The van der Waals surface area contributed by atoms with Crippen molar-refractivity contribution in [3.8, 4) is 5.75 Å². The van der Waals surface area contributed by atoms with E-state index in [2.05, 4.69) is 28.2 Å². The van der Waals surface area contributed by atoms with E-state index < -0.39 is 0 Å². The molecule has 1 N–H and O–H groups in total. The summed E-state index contributed by atoms with van der Waals surface area (Å²) in [7, 11) is 0. The van der Waals surface area contributed by atoms with Gasteiger partial charge in [0.15, 0.2) is 6.61 Å². The normalized spacial score (nSPS) is 13.9. The van der Waals surface area contributed by atoms with E-state index in [0.29, 0.717) is 43.3 Å². The molecule has 1 aliphatic heterocycles. The Hall–Kier alpha value is -2.38. The molecule has 1 saturated heterocycles. The number of morpholine rings is 1. The van der Waals surface area contributed by atoms with Gasteiger partial charge in [-0.15, -0.1) is 0 Å². The highest BCUT2D eigenvalue weighted by Gasteiger charge is 2.18. The SMILES string of the molecule is CCc1ccc(OCC(=O)Nc2cccc(C(=O)N3CCOCC3)c2)c(Br)c1. The predicted octanol–water partition coefficient (Wildman–Crippen LogP) is 3.50. The molecular weight excluding hydrogens is 424 g/mol. The van der Waals surface area contributed by atoms with Gasteiger partial charge in [0.05, 0.1) is 17.7 Å². The Bertz CT molecular complexity index is 850. The zero-order chi connectivity index (χ0) is 19.9. The molecule has 1 fully saturated rings. The Kier molecular flexibility index (Phi) is 7.06. The second-order valence-electron chi connectivity index (χ2n) is 6.44. The molecule has 2 aromatic rings. The molecule has 0 bridgehead atoms. The number of nitrogens with one attached hydrogen (secondary N) is 1. The van der Waals surface area contributed by atoms with Crippen molar-refractivity contribution in [1.29, 1.82) is 0 Å². The number of carbonyl (C=O) groups is 2. The van der Waals surface area contributed by atoms with Crippen molar-refractivity contribution in [2.75, 3.05) is 38.2 Å². The number of benzene rings is 2. The summed E-state index contributed by atoms with van der Waals surface area (Å²) in [6.45, 7) is 4.21. The third kappa shape index (κ3) is 5.33. The van der Waals surface area contributed by atoms with Gasteiger partial charge in [-0.3, -0.25) is 9.59 Å². The number of hydrogen-bond donors (Lipinski definition) is 1. The molecule has 6 nitrogen and oxygen atoms in total. The molecule has 28 heavy (non-hydrogen) atoms. The lowest BCUT2D eigenvalue weighted by Gasteiger charge is -2.27. The van der Waals surface area contributed by atoms with Crippen LogP contribution in [0.5, 0.6) is 5.75 Å². The molecule has 0 saturated carbocycles. The number of amides is 2. The molecule has 0 atom stereocenters. The van der Waals surface area contributed by atoms with Crippen molar-refractivity contribution >= 4 is 33.4 Å². The average Bonchev–Trinajstić information content (AvgIpc) is 2.73. The van der Waals surface area contributed by atoms with Crippen LogP contribution < -0.4 is 10.1 Å². The fraction of sp³-hybridized carbons (Fsp3) is 0.333. The van der Waals surface area contributed by atoms with Crippen LogP contribution in [0.1, 0.15) is 22.8 Å². The van der Waals surface area contributed by atoms with Gasteiger partial charge in [-0.2, -0.15) is 0 Å². The van der Waals surface area contributed by atoms with Crippen LogP contribution in [-0.2, 0) is 16.0 Å². The minimum absolute atomic E-state index is 0.0596. The maximum Gasteiger partial charge on any atom is 0.262 e. The summed E-state index contributed by atoms with van der Waals surface area (Å²) in [5.74, 6) is 0.265. The summed E-state index contributed by atoms with van der Waals surface area (Å²) in [4.78, 5) is 26.6. The van der Waals surface area contributed by atoms with Gasteiger partial charge in [0.25, 0.3) is 11.8 Å². The maximum atomic E-state index is 12.6. The lowest BCUT2D eigenvalue weighted by atomic mass is 10.1. The van der Waals surface area contributed by atoms with Crippen molar-refractivity contribution in [3.05, 3.63) is 58.1 Å². The third-order valence-corrected chi connectivity index (χ3v) is 5.07. The van der Waals surface area contributed by atoms with Gasteiger partial charge in [0, 0.05) is 24.3 Å². The molecule has 148 valence electrons. The number of halogens is 1. The van der Waals surface area contributed by atoms with Crippen LogP contribution in [0.4, 0.5) is 5.69 Å². The molecule has 7 heteroatoms. The van der Waals surface area contributed by atoms with Crippen LogP contribution in [0.15, 0.2) is 46.9 Å². The third-order valence-electron chi connectivity index (χ3n) is 4.45. The van der Waals surface area contributed by atoms with Gasteiger partial charge < -0.3 is 19.7 Å². The van der Waals surface area contributed by atoms with E-state index in [-0.39, 0.29) is 18.4 Å². The number of anilines is 1. The van der Waals surface area contributed by atoms with Crippen LogP contribution in [0.3, 0.4) is 0 Å². The molecular formula is C21H23BrN2O4. The first-order valence-electron chi connectivity index (χ1n) is 9.25. The number of ether oxygens (including phenoxy) is 2. The molecule has 3 rings (SSSR count). The van der Waals surface area contributed by atoms with Crippen molar-refractivity contribution in [2.45, 2.75) is 13.3 Å². The highest BCUT2D eigenvalue weighted by molar-refractivity contribution is 9.10. The molecule has 0 unspecified atom stereocenters. The Morgan fingerprint density at radius 3 is 2.68 bits per heavy atom. The van der Waals surface area contributed by atoms with Crippen LogP contribution in [0.2, 0.25) is 0 Å². The summed E-state index contributed by atoms with van der Waals surface area (Å²) in [6, 6.07) is 12.7. The first kappa shape index (κ1) is 20.4. The second-order valence-corrected chi connectivity index (χ2v) is 7.29. The number of nitrogens with zero attached hydrogens (tertiary/aromatic N) is 1. The smallest absolute Gasteiger partial charge is 0.262 e. The fourth-order valence-electron chi connectivity index (χ4n) is 2.90. The van der Waals surface area contributed by atoms with E-state index in [1.807, 2.05) is 18.2 Å². The number of aryl methyl sites for hydroxylation is 1. The van der Waals surface area contributed by atoms with Crippen LogP contribution >= 0.6 is 15.9 Å². The topological polar surface area (TPSA) is 67.9 Å². The largest absolute Gasteiger partial charge is 0.483 e. The quantitative estimate of drug-likeness (QED) is 0.736. The molecule has 0 aliphatic carbocycles. The zero-order valence-electron chi connectivity index (χ0n) is 15.7. The number of hydrogen-bond acceptors (Lipinski definition) is 4. The van der Waals surface area contributed by atoms with Gasteiger partial charge >= 0.3 is 0 Å². The van der Waals surface area contributed by atoms with Crippen LogP contribution in [0.25, 0.3) is 0 Å². The van der Waals surface area contributed by atoms with Gasteiger partial charge in [0.1, 0.15) is 5.75 Å². The minimum Gasteiger partial charge on any atom is -0.483 e. The zero-order valence-corrected chi connectivity index (χ0v) is 17.3. The molecule has 1 aliphatic rings. The lowest BCUT2D eigenvalue weighted by molar-refractivity contribution is -0.118. The first-order valence-corrected chi connectivity index (χ1v) is 10.0. The highest BCUT2D eigenvalue weighted by atomic mass is 79.9. The Balaban J connectivity index is 1.57. The average molecular weight is 447 g/mol. The van der Waals surface area contributed by atoms with Crippen LogP contribution in [-0.4, -0.2) is 49.6 Å². The van der Waals surface area contributed by atoms with E-state index >= 15 is 0 Å². The summed E-state index contributed by atoms with van der Waals surface area (Å²) in [5.41, 5.74) is 2.29. The van der Waals surface area contributed by atoms with Gasteiger partial charge in [-0.25, -0.2) is 0 Å². The first-order chi connectivity index (χ1) is 13.6. The van der Waals surface area contributed by atoms with Gasteiger partial charge in [-0.05, 0) is 58.2 Å². The predicted molar refractivity (Wildman–Crippen MR) is 111 cm³/mol. The summed E-state index contributed by atoms with van der Waals surface area (Å²) in [6.07, 6.45) is 0.929. The fourth-order valence-corrected chi connectivity index (χ4v) is 3.44. The second kappa shape index (κ2) is 9.71. The monoisotopic (exact) mass is 446 g/mol. The summed E-state index contributed by atoms with van der Waals surface area (Å²) >= 11 is 3.46. The Morgan fingerprint density at radius 2 is 1.96 bits per heavy atom. The molecule has 0 aromatic heterocycles. The van der Waals surface area contributed by atoms with Gasteiger partial charge in [-0.1, -0.05) is 19.1 Å². The molecule has 2 aromatic carbocycles. The Morgan fingerprint density at radius 1 is 1.18 bits per heavy atom. The van der Waals surface area contributed by atoms with E-state index in [1.165, 1.54) is 5.56 Å². The molecule has 0 spiro atoms. The molecule has 1 heterocycles. The lowest BCUT2D eigenvalue weighted by Crippen LogP contribution is -2.40. The summed E-state index contributed by atoms with van der Waals surface area (Å²) < 4.78 is 11.7. The Labute approximate surface area is 172 Å². The highest BCUT2D eigenvalue weighted by Crippen LogP contribution is 2.26. The van der Waals surface area contributed by atoms with Crippen molar-refractivity contribution < 1.29 is 19.1 Å². The standard InChI is InChI=1S/C21H23BrN2O4/c1-2-15-6-7-19(18(22)12-15)28-14-20(25)23-17-5-3-4-16(13-17)21(26)24-8-10-27-11-9-24/h3-7,12-13H,2,8-11,14H2,1H3,(H,23,25). The van der Waals surface area contributed by atoms with E-state index in [9.17, 15) is 9.59 Å². The van der Waals surface area contributed by atoms with Gasteiger partial charge in [0.2, 0.25) is 0 Å². The van der Waals surface area contributed by atoms with Crippen molar-refractivity contribution in [3.63, 3.8) is 0 Å². The van der Waals surface area contributed by atoms with E-state index in [4.69, 9.17) is 9.47 Å². The minimum atomic E-state index is -0.289. The van der Waals surface area contributed by atoms with Crippen molar-refractivity contribution in [1.82, 2.24) is 4.90 Å². The maximum absolute atomic E-state index is 12.6. The van der Waals surface area contributed by atoms with E-state index in [0.717, 1.165) is 10.9 Å². The summed E-state index contributed by atoms with van der Waals surface area (Å²) in [5, 5.41) is 2.78. The van der Waals surface area contributed by atoms with E-state index in [1.54, 1.807) is 29.2 Å². The molecule has 0 radical (unpaired) electrons. The van der Waals surface area contributed by atoms with Crippen molar-refractivity contribution in [2.24, 2.45) is 0 Å². The number of rotatable bonds is 6. The molecule has 2 amide bonds. The number of carbonyl (C=O) groups excluding carboxylic acids is 2.